The molecular weight excluding hydrogens is 356 g/mol. The van der Waals surface area contributed by atoms with Gasteiger partial charge < -0.3 is 10.1 Å². The van der Waals surface area contributed by atoms with Gasteiger partial charge in [-0.2, -0.15) is 5.10 Å². The van der Waals surface area contributed by atoms with E-state index in [9.17, 15) is 9.59 Å². The minimum Gasteiger partial charge on any atom is -0.449 e. The maximum Gasteiger partial charge on any atom is 0.340 e. The highest BCUT2D eigenvalue weighted by molar-refractivity contribution is 5.94. The number of benzene rings is 1. The van der Waals surface area contributed by atoms with Gasteiger partial charge in [-0.1, -0.05) is 30.3 Å². The van der Waals surface area contributed by atoms with E-state index in [0.29, 0.717) is 12.2 Å². The first-order valence-electron chi connectivity index (χ1n) is 9.11. The summed E-state index contributed by atoms with van der Waals surface area (Å²) >= 11 is 0. The number of nitrogens with one attached hydrogen (secondary N) is 1. The van der Waals surface area contributed by atoms with Crippen LogP contribution in [0.5, 0.6) is 0 Å². The number of rotatable bonds is 5. The van der Waals surface area contributed by atoms with E-state index in [2.05, 4.69) is 15.4 Å². The van der Waals surface area contributed by atoms with Crippen molar-refractivity contribution >= 4 is 22.9 Å². The van der Waals surface area contributed by atoms with Crippen molar-refractivity contribution in [3.05, 3.63) is 59.9 Å². The molecule has 2 heterocycles. The van der Waals surface area contributed by atoms with Gasteiger partial charge in [-0.15, -0.1) is 0 Å². The number of fused-ring (bicyclic) bond motifs is 1. The van der Waals surface area contributed by atoms with Crippen LogP contribution in [-0.4, -0.2) is 38.3 Å². The lowest BCUT2D eigenvalue weighted by Gasteiger charge is -2.23. The lowest BCUT2D eigenvalue weighted by atomic mass is 10.1. The smallest absolute Gasteiger partial charge is 0.340 e. The van der Waals surface area contributed by atoms with Crippen molar-refractivity contribution < 1.29 is 14.3 Å². The van der Waals surface area contributed by atoms with Gasteiger partial charge in [0.25, 0.3) is 5.91 Å². The average Bonchev–Trinajstić information content (AvgIpc) is 3.03. The second-order valence-corrected chi connectivity index (χ2v) is 7.71. The zero-order valence-corrected chi connectivity index (χ0v) is 16.5. The van der Waals surface area contributed by atoms with Crippen LogP contribution < -0.4 is 5.32 Å². The van der Waals surface area contributed by atoms with Crippen LogP contribution in [0.2, 0.25) is 0 Å². The maximum atomic E-state index is 12.4. The Morgan fingerprint density at radius 1 is 1.18 bits per heavy atom. The molecule has 7 nitrogen and oxygen atoms in total. The van der Waals surface area contributed by atoms with Gasteiger partial charge in [0.05, 0.1) is 18.3 Å². The molecule has 0 fully saturated rings. The third kappa shape index (κ3) is 4.73. The summed E-state index contributed by atoms with van der Waals surface area (Å²) in [5.41, 5.74) is 1.67. The number of carbonyl (C=O) groups excluding carboxylic acids is 2. The van der Waals surface area contributed by atoms with Gasteiger partial charge in [0.2, 0.25) is 0 Å². The van der Waals surface area contributed by atoms with E-state index in [4.69, 9.17) is 4.74 Å². The molecule has 146 valence electrons. The summed E-state index contributed by atoms with van der Waals surface area (Å²) in [5.74, 6) is -0.938. The molecule has 28 heavy (non-hydrogen) atoms. The van der Waals surface area contributed by atoms with Gasteiger partial charge in [0, 0.05) is 17.1 Å². The number of pyridine rings is 1. The Bertz CT molecular complexity index is 990. The van der Waals surface area contributed by atoms with Gasteiger partial charge in [0.1, 0.15) is 0 Å². The number of esters is 1. The van der Waals surface area contributed by atoms with E-state index in [1.54, 1.807) is 23.9 Å². The molecule has 0 bridgehead atoms. The number of ether oxygens (including phenoxy) is 1. The van der Waals surface area contributed by atoms with E-state index < -0.39 is 17.6 Å². The number of amides is 1. The lowest BCUT2D eigenvalue weighted by Crippen LogP contribution is -2.46. The van der Waals surface area contributed by atoms with Crippen molar-refractivity contribution in [2.24, 2.45) is 0 Å². The minimum atomic E-state index is -0.900. The molecule has 3 rings (SSSR count). The fourth-order valence-electron chi connectivity index (χ4n) is 2.71. The molecule has 0 radical (unpaired) electrons. The molecule has 1 unspecified atom stereocenters. The summed E-state index contributed by atoms with van der Waals surface area (Å²) < 4.78 is 7.05. The van der Waals surface area contributed by atoms with Crippen LogP contribution in [0, 0.1) is 0 Å². The molecule has 1 N–H and O–H groups in total. The highest BCUT2D eigenvalue weighted by Gasteiger charge is 2.23. The summed E-state index contributed by atoms with van der Waals surface area (Å²) in [7, 11) is 0. The Morgan fingerprint density at radius 3 is 2.57 bits per heavy atom. The van der Waals surface area contributed by atoms with Gasteiger partial charge >= 0.3 is 5.97 Å². The second-order valence-electron chi connectivity index (χ2n) is 7.71. The number of hydrogen-bond acceptors (Lipinski definition) is 5. The topological polar surface area (TPSA) is 86.1 Å². The highest BCUT2D eigenvalue weighted by Crippen LogP contribution is 2.16. The summed E-state index contributed by atoms with van der Waals surface area (Å²) in [6, 6.07) is 11.6. The minimum absolute atomic E-state index is 0.280. The third-order valence-electron chi connectivity index (χ3n) is 4.04. The lowest BCUT2D eigenvalue weighted by molar-refractivity contribution is -0.130. The molecule has 1 atom stereocenters. The molecule has 0 aliphatic rings. The Kier molecular flexibility index (Phi) is 5.44. The normalized spacial score (nSPS) is 12.6. The first-order chi connectivity index (χ1) is 13.2. The summed E-state index contributed by atoms with van der Waals surface area (Å²) in [6.07, 6.45) is 2.21. The van der Waals surface area contributed by atoms with Crippen molar-refractivity contribution in [2.75, 3.05) is 0 Å². The third-order valence-corrected chi connectivity index (χ3v) is 4.04. The van der Waals surface area contributed by atoms with Crippen molar-refractivity contribution in [3.8, 4) is 0 Å². The number of carbonyl (C=O) groups is 2. The van der Waals surface area contributed by atoms with Crippen molar-refractivity contribution in [1.82, 2.24) is 20.1 Å². The molecule has 2 aromatic heterocycles. The SMILES string of the molecule is CC(OC(=O)c1cnc2c(cnn2Cc2ccccc2)c1)C(=O)NC(C)(C)C. The Balaban J connectivity index is 1.72. The van der Waals surface area contributed by atoms with Gasteiger partial charge in [-0.3, -0.25) is 4.79 Å². The zero-order chi connectivity index (χ0) is 20.3. The standard InChI is InChI=1S/C21H24N4O3/c1-14(19(26)24-21(2,3)4)28-20(27)17-10-16-12-23-25(18(16)22-11-17)13-15-8-6-5-7-9-15/h5-12,14H,13H2,1-4H3,(H,24,26). The second kappa shape index (κ2) is 7.80. The molecule has 7 heteroatoms. The van der Waals surface area contributed by atoms with Crippen LogP contribution in [-0.2, 0) is 16.1 Å². The van der Waals surface area contributed by atoms with Gasteiger partial charge in [-0.05, 0) is 39.3 Å². The van der Waals surface area contributed by atoms with E-state index in [-0.39, 0.29) is 11.5 Å². The number of nitrogens with zero attached hydrogens (tertiary/aromatic N) is 3. The average molecular weight is 380 g/mol. The van der Waals surface area contributed by atoms with E-state index >= 15 is 0 Å². The predicted molar refractivity (Wildman–Crippen MR) is 106 cm³/mol. The van der Waals surface area contributed by atoms with Gasteiger partial charge in [-0.25, -0.2) is 14.5 Å². The highest BCUT2D eigenvalue weighted by atomic mass is 16.5. The maximum absolute atomic E-state index is 12.4. The largest absolute Gasteiger partial charge is 0.449 e. The molecule has 0 saturated heterocycles. The van der Waals surface area contributed by atoms with E-state index in [1.165, 1.54) is 6.20 Å². The Morgan fingerprint density at radius 2 is 1.89 bits per heavy atom. The molecule has 0 aliphatic carbocycles. The van der Waals surface area contributed by atoms with Crippen LogP contribution in [0.25, 0.3) is 11.0 Å². The molecule has 0 saturated carbocycles. The number of aromatic nitrogens is 3. The first kappa shape index (κ1) is 19.5. The quantitative estimate of drug-likeness (QED) is 0.688. The number of hydrogen-bond donors (Lipinski definition) is 1. The van der Waals surface area contributed by atoms with E-state index in [1.807, 2.05) is 51.1 Å². The Labute approximate surface area is 163 Å². The molecule has 3 aromatic rings. The molecule has 1 aromatic carbocycles. The molecular formula is C21H24N4O3. The van der Waals surface area contributed by atoms with Crippen LogP contribution in [0.3, 0.4) is 0 Å². The summed E-state index contributed by atoms with van der Waals surface area (Å²) in [6.45, 7) is 7.73. The van der Waals surface area contributed by atoms with Crippen LogP contribution >= 0.6 is 0 Å². The van der Waals surface area contributed by atoms with Crippen molar-refractivity contribution in [1.29, 1.82) is 0 Å². The van der Waals surface area contributed by atoms with E-state index in [0.717, 1.165) is 10.9 Å². The first-order valence-corrected chi connectivity index (χ1v) is 9.11. The van der Waals surface area contributed by atoms with Crippen LogP contribution in [0.15, 0.2) is 48.8 Å². The Hall–Kier alpha value is -3.22. The fraction of sp³-hybridized carbons (Fsp3) is 0.333. The molecule has 1 amide bonds. The summed E-state index contributed by atoms with van der Waals surface area (Å²) in [5, 5.41) is 7.88. The molecule has 0 aliphatic heterocycles. The van der Waals surface area contributed by atoms with Crippen molar-refractivity contribution in [3.63, 3.8) is 0 Å². The predicted octanol–water partition coefficient (Wildman–Crippen LogP) is 2.94. The monoisotopic (exact) mass is 380 g/mol. The van der Waals surface area contributed by atoms with Gasteiger partial charge in [0.15, 0.2) is 11.8 Å². The van der Waals surface area contributed by atoms with Crippen molar-refractivity contribution in [2.45, 2.75) is 45.9 Å². The van der Waals surface area contributed by atoms with Crippen LogP contribution in [0.1, 0.15) is 43.6 Å². The summed E-state index contributed by atoms with van der Waals surface area (Å²) in [4.78, 5) is 28.9. The fourth-order valence-corrected chi connectivity index (χ4v) is 2.71. The zero-order valence-electron chi connectivity index (χ0n) is 16.5. The van der Waals surface area contributed by atoms with Crippen LogP contribution in [0.4, 0.5) is 0 Å². The molecule has 0 spiro atoms.